The number of hydrogen-bond donors (Lipinski definition) is 2. The van der Waals surface area contributed by atoms with Gasteiger partial charge in [-0.3, -0.25) is 5.32 Å². The van der Waals surface area contributed by atoms with Crippen LogP contribution in [0.25, 0.3) is 0 Å². The van der Waals surface area contributed by atoms with Gasteiger partial charge >= 0.3 is 6.09 Å². The lowest BCUT2D eigenvalue weighted by Gasteiger charge is -2.21. The van der Waals surface area contributed by atoms with Crippen LogP contribution >= 0.6 is 0 Å². The summed E-state index contributed by atoms with van der Waals surface area (Å²) in [5.41, 5.74) is 0.999. The summed E-state index contributed by atoms with van der Waals surface area (Å²) < 4.78 is 10.5. The van der Waals surface area contributed by atoms with Crippen LogP contribution in [0, 0.1) is 0 Å². The summed E-state index contributed by atoms with van der Waals surface area (Å²) in [5, 5.41) is 6.12. The molecule has 0 bridgehead atoms. The van der Waals surface area contributed by atoms with Gasteiger partial charge in [0.1, 0.15) is 11.4 Å². The van der Waals surface area contributed by atoms with E-state index in [0.717, 1.165) is 24.4 Å². The molecule has 0 fully saturated rings. The van der Waals surface area contributed by atoms with E-state index in [2.05, 4.69) is 17.6 Å². The molecule has 0 radical (unpaired) electrons. The fourth-order valence-corrected chi connectivity index (χ4v) is 1.92. The molecular formula is C17H28N2O3. The molecule has 2 N–H and O–H groups in total. The van der Waals surface area contributed by atoms with E-state index >= 15 is 0 Å². The minimum Gasteiger partial charge on any atom is -0.497 e. The number of nitrogens with one attached hydrogen (secondary N) is 2. The number of carbonyl (C=O) groups is 1. The monoisotopic (exact) mass is 308 g/mol. The summed E-state index contributed by atoms with van der Waals surface area (Å²) in [4.78, 5) is 11.9. The highest BCUT2D eigenvalue weighted by molar-refractivity contribution is 5.90. The lowest BCUT2D eigenvalue weighted by molar-refractivity contribution is 0.0636. The number of anilines is 2. The topological polar surface area (TPSA) is 59.6 Å². The van der Waals surface area contributed by atoms with E-state index in [1.54, 1.807) is 7.11 Å². The number of carbonyl (C=O) groups excluding carboxylic acids is 1. The zero-order valence-electron chi connectivity index (χ0n) is 14.3. The molecule has 0 spiro atoms. The fraction of sp³-hybridized carbons (Fsp3) is 0.588. The quantitative estimate of drug-likeness (QED) is 0.720. The number of rotatable bonds is 7. The van der Waals surface area contributed by atoms with Crippen LogP contribution in [0.2, 0.25) is 0 Å². The van der Waals surface area contributed by atoms with Gasteiger partial charge in [0.15, 0.2) is 0 Å². The Morgan fingerprint density at radius 1 is 1.18 bits per heavy atom. The Balaban J connectivity index is 2.76. The third-order valence-corrected chi connectivity index (χ3v) is 2.96. The van der Waals surface area contributed by atoms with Crippen molar-refractivity contribution in [1.82, 2.24) is 0 Å². The second kappa shape index (κ2) is 8.51. The first kappa shape index (κ1) is 18.1. The molecule has 1 aromatic carbocycles. The Morgan fingerprint density at radius 3 is 2.50 bits per heavy atom. The zero-order valence-corrected chi connectivity index (χ0v) is 14.3. The SMILES string of the molecule is CCCCCNc1cc(OC)ccc1NC(=O)OC(C)(C)C. The maximum absolute atomic E-state index is 11.9. The van der Waals surface area contributed by atoms with Gasteiger partial charge in [0, 0.05) is 12.6 Å². The Bertz CT molecular complexity index is 481. The Hall–Kier alpha value is -1.91. The van der Waals surface area contributed by atoms with Crippen molar-refractivity contribution < 1.29 is 14.3 Å². The van der Waals surface area contributed by atoms with Gasteiger partial charge in [0.2, 0.25) is 0 Å². The minimum absolute atomic E-state index is 0.464. The normalized spacial score (nSPS) is 11.0. The molecule has 0 saturated carbocycles. The van der Waals surface area contributed by atoms with E-state index in [9.17, 15) is 4.79 Å². The third-order valence-electron chi connectivity index (χ3n) is 2.96. The first-order valence-corrected chi connectivity index (χ1v) is 7.77. The summed E-state index contributed by atoms with van der Waals surface area (Å²) in [6.45, 7) is 8.53. The van der Waals surface area contributed by atoms with Crippen LogP contribution in [0.5, 0.6) is 5.75 Å². The zero-order chi connectivity index (χ0) is 16.6. The highest BCUT2D eigenvalue weighted by atomic mass is 16.6. The first-order valence-electron chi connectivity index (χ1n) is 7.77. The highest BCUT2D eigenvalue weighted by Gasteiger charge is 2.17. The molecule has 0 unspecified atom stereocenters. The second-order valence-corrected chi connectivity index (χ2v) is 6.17. The molecule has 5 nitrogen and oxygen atoms in total. The Morgan fingerprint density at radius 2 is 1.91 bits per heavy atom. The van der Waals surface area contributed by atoms with Crippen molar-refractivity contribution in [1.29, 1.82) is 0 Å². The van der Waals surface area contributed by atoms with Crippen LogP contribution in [0.4, 0.5) is 16.2 Å². The summed E-state index contributed by atoms with van der Waals surface area (Å²) in [5.74, 6) is 0.743. The molecule has 0 aliphatic rings. The van der Waals surface area contributed by atoms with E-state index in [4.69, 9.17) is 9.47 Å². The van der Waals surface area contributed by atoms with Gasteiger partial charge in [-0.05, 0) is 39.3 Å². The van der Waals surface area contributed by atoms with Crippen molar-refractivity contribution in [2.24, 2.45) is 0 Å². The highest BCUT2D eigenvalue weighted by Crippen LogP contribution is 2.27. The van der Waals surface area contributed by atoms with Crippen molar-refractivity contribution in [2.75, 3.05) is 24.3 Å². The number of unbranched alkanes of at least 4 members (excludes halogenated alkanes) is 2. The van der Waals surface area contributed by atoms with Crippen LogP contribution in [0.1, 0.15) is 47.0 Å². The molecule has 0 atom stereocenters. The predicted octanol–water partition coefficient (Wildman–Crippen LogP) is 4.64. The first-order chi connectivity index (χ1) is 10.4. The molecule has 0 aromatic heterocycles. The lowest BCUT2D eigenvalue weighted by atomic mass is 10.2. The van der Waals surface area contributed by atoms with Gasteiger partial charge in [0.05, 0.1) is 18.5 Å². The van der Waals surface area contributed by atoms with E-state index in [1.165, 1.54) is 12.8 Å². The van der Waals surface area contributed by atoms with Crippen molar-refractivity contribution in [3.8, 4) is 5.75 Å². The number of amides is 1. The van der Waals surface area contributed by atoms with Gasteiger partial charge in [-0.1, -0.05) is 19.8 Å². The largest absolute Gasteiger partial charge is 0.497 e. The van der Waals surface area contributed by atoms with Crippen LogP contribution in [-0.2, 0) is 4.74 Å². The van der Waals surface area contributed by atoms with Crippen molar-refractivity contribution >= 4 is 17.5 Å². The van der Waals surface area contributed by atoms with Gasteiger partial charge < -0.3 is 14.8 Å². The average Bonchev–Trinajstić information content (AvgIpc) is 2.43. The summed E-state index contributed by atoms with van der Waals surface area (Å²) in [6, 6.07) is 5.49. The molecule has 0 saturated heterocycles. The van der Waals surface area contributed by atoms with Crippen LogP contribution in [-0.4, -0.2) is 25.3 Å². The lowest BCUT2D eigenvalue weighted by Crippen LogP contribution is -2.27. The summed E-state index contributed by atoms with van der Waals surface area (Å²) in [6.07, 6.45) is 2.96. The molecule has 1 aromatic rings. The summed E-state index contributed by atoms with van der Waals surface area (Å²) in [7, 11) is 1.62. The average molecular weight is 308 g/mol. The van der Waals surface area contributed by atoms with Gasteiger partial charge in [-0.2, -0.15) is 0 Å². The molecule has 1 amide bonds. The molecule has 0 heterocycles. The fourth-order valence-electron chi connectivity index (χ4n) is 1.92. The number of ether oxygens (including phenoxy) is 2. The van der Waals surface area contributed by atoms with E-state index in [1.807, 2.05) is 39.0 Å². The number of methoxy groups -OCH3 is 1. The van der Waals surface area contributed by atoms with Crippen LogP contribution < -0.4 is 15.4 Å². The molecule has 124 valence electrons. The van der Waals surface area contributed by atoms with Gasteiger partial charge in [-0.15, -0.1) is 0 Å². The Labute approximate surface area is 133 Å². The molecule has 0 aliphatic heterocycles. The van der Waals surface area contributed by atoms with Crippen molar-refractivity contribution in [2.45, 2.75) is 52.6 Å². The van der Waals surface area contributed by atoms with Gasteiger partial charge in [0.25, 0.3) is 0 Å². The molecular weight excluding hydrogens is 280 g/mol. The predicted molar refractivity (Wildman–Crippen MR) is 90.9 cm³/mol. The van der Waals surface area contributed by atoms with Crippen LogP contribution in [0.15, 0.2) is 18.2 Å². The maximum Gasteiger partial charge on any atom is 0.412 e. The van der Waals surface area contributed by atoms with Crippen LogP contribution in [0.3, 0.4) is 0 Å². The molecule has 5 heteroatoms. The van der Waals surface area contributed by atoms with Crippen molar-refractivity contribution in [3.05, 3.63) is 18.2 Å². The number of benzene rings is 1. The molecule has 22 heavy (non-hydrogen) atoms. The van der Waals surface area contributed by atoms with E-state index in [0.29, 0.717) is 5.69 Å². The Kier molecular flexibility index (Phi) is 7.02. The third kappa shape index (κ3) is 6.70. The van der Waals surface area contributed by atoms with E-state index < -0.39 is 11.7 Å². The second-order valence-electron chi connectivity index (χ2n) is 6.17. The smallest absolute Gasteiger partial charge is 0.412 e. The standard InChI is InChI=1S/C17H28N2O3/c1-6-7-8-11-18-15-12-13(21-5)9-10-14(15)19-16(20)22-17(2,3)4/h9-10,12,18H,6-8,11H2,1-5H3,(H,19,20). The summed E-state index contributed by atoms with van der Waals surface area (Å²) >= 11 is 0. The maximum atomic E-state index is 11.9. The van der Waals surface area contributed by atoms with E-state index in [-0.39, 0.29) is 0 Å². The molecule has 1 rings (SSSR count). The van der Waals surface area contributed by atoms with Crippen molar-refractivity contribution in [3.63, 3.8) is 0 Å². The van der Waals surface area contributed by atoms with Gasteiger partial charge in [-0.25, -0.2) is 4.79 Å². The molecule has 0 aliphatic carbocycles. The number of hydrogen-bond acceptors (Lipinski definition) is 4. The minimum atomic E-state index is -0.523.